The second-order valence-electron chi connectivity index (χ2n) is 9.68. The molecule has 2 unspecified atom stereocenters. The van der Waals surface area contributed by atoms with Crippen LogP contribution in [0.2, 0.25) is 0 Å². The van der Waals surface area contributed by atoms with Crippen LogP contribution in [-0.4, -0.2) is 36.2 Å². The van der Waals surface area contributed by atoms with Gasteiger partial charge in [-0.1, -0.05) is 30.3 Å². The molecular formula is C22H27N3O2S. The fourth-order valence-corrected chi connectivity index (χ4v) is 8.41. The minimum absolute atomic E-state index is 0.00916. The van der Waals surface area contributed by atoms with E-state index >= 15 is 0 Å². The maximum absolute atomic E-state index is 12.6. The summed E-state index contributed by atoms with van der Waals surface area (Å²) in [6.45, 7) is 0. The van der Waals surface area contributed by atoms with E-state index in [2.05, 4.69) is 18.3 Å². The average Bonchev–Trinajstić information content (AvgIpc) is 3.45. The number of nitrogens with zero attached hydrogens (tertiary/aromatic N) is 2. The van der Waals surface area contributed by atoms with Crippen LogP contribution in [-0.2, 0) is 15.3 Å². The smallest absolute Gasteiger partial charge is 0.185 e. The third kappa shape index (κ3) is 2.41. The monoisotopic (exact) mass is 397 g/mol. The largest absolute Gasteiger partial charge is 0.287 e. The first-order valence-electron chi connectivity index (χ1n) is 10.3. The van der Waals surface area contributed by atoms with Crippen LogP contribution in [0.15, 0.2) is 30.3 Å². The van der Waals surface area contributed by atoms with Gasteiger partial charge in [0.15, 0.2) is 16.0 Å². The van der Waals surface area contributed by atoms with Crippen molar-refractivity contribution < 1.29 is 8.42 Å². The standard InChI is InChI=1S/C22H27N3O2S/c1-28(26,27)21-11-15-9-16(12-21)19(17(10-15)13-21)25(14-23)20(24)22(7-8-22)18-5-3-2-4-6-18/h2-6,15-17,19,24H,7-13H2,1H3. The Bertz CT molecular complexity index is 945. The molecule has 0 heterocycles. The van der Waals surface area contributed by atoms with Gasteiger partial charge in [0.05, 0.1) is 16.2 Å². The summed E-state index contributed by atoms with van der Waals surface area (Å²) in [5.41, 5.74) is 0.789. The van der Waals surface area contributed by atoms with E-state index < -0.39 is 14.6 Å². The lowest BCUT2D eigenvalue weighted by molar-refractivity contribution is -0.0216. The van der Waals surface area contributed by atoms with Crippen molar-refractivity contribution in [2.45, 2.75) is 61.1 Å². The van der Waals surface area contributed by atoms with E-state index in [-0.39, 0.29) is 23.3 Å². The molecule has 4 bridgehead atoms. The molecule has 2 atom stereocenters. The maximum Gasteiger partial charge on any atom is 0.185 e. The van der Waals surface area contributed by atoms with Gasteiger partial charge < -0.3 is 0 Å². The zero-order valence-corrected chi connectivity index (χ0v) is 17.1. The fourth-order valence-electron chi connectivity index (χ4n) is 6.84. The summed E-state index contributed by atoms with van der Waals surface area (Å²) in [7, 11) is -3.11. The molecule has 148 valence electrons. The van der Waals surface area contributed by atoms with Crippen LogP contribution < -0.4 is 0 Å². The molecule has 1 N–H and O–H groups in total. The van der Waals surface area contributed by atoms with Gasteiger partial charge in [0.25, 0.3) is 0 Å². The highest BCUT2D eigenvalue weighted by Gasteiger charge is 2.62. The first kappa shape index (κ1) is 18.2. The average molecular weight is 398 g/mol. The van der Waals surface area contributed by atoms with Gasteiger partial charge in [-0.15, -0.1) is 0 Å². The summed E-state index contributed by atoms with van der Waals surface area (Å²) in [4.78, 5) is 1.68. The second-order valence-corrected chi connectivity index (χ2v) is 12.1. The summed E-state index contributed by atoms with van der Waals surface area (Å²) in [6, 6.07) is 10.1. The van der Waals surface area contributed by atoms with Crippen LogP contribution in [0.1, 0.15) is 50.5 Å². The second kappa shape index (κ2) is 5.82. The van der Waals surface area contributed by atoms with Crippen molar-refractivity contribution in [1.29, 1.82) is 10.7 Å². The first-order chi connectivity index (χ1) is 13.3. The highest BCUT2D eigenvalue weighted by atomic mass is 32.2. The summed E-state index contributed by atoms with van der Waals surface area (Å²) < 4.78 is 24.6. The lowest BCUT2D eigenvalue weighted by Gasteiger charge is -2.60. The van der Waals surface area contributed by atoms with Gasteiger partial charge in [0, 0.05) is 6.26 Å². The fraction of sp³-hybridized carbons (Fsp3) is 0.636. The number of hydrogen-bond acceptors (Lipinski definition) is 4. The van der Waals surface area contributed by atoms with E-state index in [9.17, 15) is 13.7 Å². The lowest BCUT2D eigenvalue weighted by Crippen LogP contribution is -2.64. The number of amidine groups is 1. The Morgan fingerprint density at radius 1 is 1.14 bits per heavy atom. The molecule has 28 heavy (non-hydrogen) atoms. The molecule has 0 spiro atoms. The van der Waals surface area contributed by atoms with Gasteiger partial charge in [0.2, 0.25) is 0 Å². The van der Waals surface area contributed by atoms with Gasteiger partial charge in [-0.3, -0.25) is 10.3 Å². The summed E-state index contributed by atoms with van der Waals surface area (Å²) >= 11 is 0. The van der Waals surface area contributed by atoms with Gasteiger partial charge in [-0.05, 0) is 68.3 Å². The molecule has 5 aliphatic carbocycles. The molecule has 6 heteroatoms. The summed E-state index contributed by atoms with van der Waals surface area (Å²) in [5.74, 6) is 1.29. The summed E-state index contributed by atoms with van der Waals surface area (Å²) in [5, 5.41) is 19.0. The predicted molar refractivity (Wildman–Crippen MR) is 107 cm³/mol. The van der Waals surface area contributed by atoms with Crippen molar-refractivity contribution in [3.8, 4) is 6.19 Å². The molecule has 5 aliphatic rings. The molecule has 5 fully saturated rings. The Balaban J connectivity index is 1.47. The number of nitriles is 1. The normalized spacial score (nSPS) is 37.3. The molecule has 0 aromatic heterocycles. The predicted octanol–water partition coefficient (Wildman–Crippen LogP) is 3.47. The van der Waals surface area contributed by atoms with Crippen LogP contribution in [0.4, 0.5) is 0 Å². The quantitative estimate of drug-likeness (QED) is 0.365. The highest BCUT2D eigenvalue weighted by molar-refractivity contribution is 7.92. The van der Waals surface area contributed by atoms with E-state index in [1.165, 1.54) is 6.26 Å². The molecule has 1 aromatic rings. The van der Waals surface area contributed by atoms with E-state index in [0.717, 1.165) is 37.7 Å². The maximum atomic E-state index is 12.6. The Labute approximate surface area is 167 Å². The van der Waals surface area contributed by atoms with Crippen molar-refractivity contribution >= 4 is 15.7 Å². The Morgan fingerprint density at radius 2 is 1.75 bits per heavy atom. The van der Waals surface area contributed by atoms with Gasteiger partial charge in [-0.2, -0.15) is 5.26 Å². The van der Waals surface area contributed by atoms with Crippen LogP contribution >= 0.6 is 0 Å². The van der Waals surface area contributed by atoms with Gasteiger partial charge in [0.1, 0.15) is 5.84 Å². The molecule has 0 radical (unpaired) electrons. The van der Waals surface area contributed by atoms with Crippen molar-refractivity contribution in [2.24, 2.45) is 17.8 Å². The van der Waals surface area contributed by atoms with Crippen molar-refractivity contribution in [3.05, 3.63) is 35.9 Å². The molecule has 6 rings (SSSR count). The number of rotatable bonds is 4. The highest BCUT2D eigenvalue weighted by Crippen LogP contribution is 2.60. The molecule has 5 nitrogen and oxygen atoms in total. The van der Waals surface area contributed by atoms with E-state index in [4.69, 9.17) is 5.41 Å². The SMILES string of the molecule is CS(=O)(=O)C12CC3CC(C1)C(N(C#N)C(=N)C1(c4ccccc4)CC1)C(C3)C2. The minimum atomic E-state index is -3.11. The van der Waals surface area contributed by atoms with E-state index in [0.29, 0.717) is 24.6 Å². The van der Waals surface area contributed by atoms with Crippen LogP contribution in [0.3, 0.4) is 0 Å². The van der Waals surface area contributed by atoms with Crippen LogP contribution in [0.5, 0.6) is 0 Å². The van der Waals surface area contributed by atoms with Crippen LogP contribution in [0.25, 0.3) is 0 Å². The van der Waals surface area contributed by atoms with Crippen molar-refractivity contribution in [1.82, 2.24) is 4.90 Å². The minimum Gasteiger partial charge on any atom is -0.287 e. The number of benzene rings is 1. The zero-order chi connectivity index (χ0) is 19.7. The third-order valence-corrected chi connectivity index (χ3v) is 10.2. The molecule has 0 aliphatic heterocycles. The van der Waals surface area contributed by atoms with Crippen molar-refractivity contribution in [2.75, 3.05) is 6.26 Å². The van der Waals surface area contributed by atoms with E-state index in [1.54, 1.807) is 4.90 Å². The molecule has 0 saturated heterocycles. The first-order valence-corrected chi connectivity index (χ1v) is 12.2. The Morgan fingerprint density at radius 3 is 2.25 bits per heavy atom. The topological polar surface area (TPSA) is 85.0 Å². The molecular weight excluding hydrogens is 370 g/mol. The van der Waals surface area contributed by atoms with Gasteiger partial charge >= 0.3 is 0 Å². The molecule has 1 aromatic carbocycles. The Kier molecular flexibility index (Phi) is 3.78. The van der Waals surface area contributed by atoms with Gasteiger partial charge in [-0.25, -0.2) is 8.42 Å². The van der Waals surface area contributed by atoms with E-state index in [1.807, 2.05) is 18.2 Å². The molecule has 0 amide bonds. The lowest BCUT2D eigenvalue weighted by atomic mass is 9.53. The zero-order valence-electron chi connectivity index (χ0n) is 16.3. The van der Waals surface area contributed by atoms with Crippen LogP contribution in [0, 0.1) is 34.6 Å². The molecule has 5 saturated carbocycles. The number of hydrogen-bond donors (Lipinski definition) is 1. The van der Waals surface area contributed by atoms with Crippen molar-refractivity contribution in [3.63, 3.8) is 0 Å². The number of nitrogens with one attached hydrogen (secondary N) is 1. The third-order valence-electron chi connectivity index (χ3n) is 8.13. The Hall–Kier alpha value is -1.87. The number of sulfone groups is 1. The summed E-state index contributed by atoms with van der Waals surface area (Å²) in [6.07, 6.45) is 9.69.